The predicted octanol–water partition coefficient (Wildman–Crippen LogP) is 2.99. The predicted molar refractivity (Wildman–Crippen MR) is 111 cm³/mol. The van der Waals surface area contributed by atoms with Gasteiger partial charge < -0.3 is 9.80 Å². The molecule has 1 amide bonds. The van der Waals surface area contributed by atoms with Crippen LogP contribution in [0.2, 0.25) is 0 Å². The highest BCUT2D eigenvalue weighted by Crippen LogP contribution is 2.34. The molecule has 1 aromatic heterocycles. The van der Waals surface area contributed by atoms with Gasteiger partial charge in [0.2, 0.25) is 11.9 Å². The molecule has 13 heteroatoms. The Balaban J connectivity index is 1.62. The Hall–Kier alpha value is -2.83. The van der Waals surface area contributed by atoms with Gasteiger partial charge >= 0.3 is 6.18 Å². The average Bonchev–Trinajstić information content (AvgIpc) is 2.79. The van der Waals surface area contributed by atoms with Gasteiger partial charge in [-0.3, -0.25) is 4.79 Å². The standard InChI is InChI=1S/C21H21F5N4O3S/c22-16-3-1-2-15(18(16)23)17-12-29(20-27-10-14(11-28-20)21(24,25)26)6-7-30(17)19(31)13-4-8-34(32,33)9-5-13/h1-3,10-11,13,17H,4-9,12H2. The maximum atomic E-state index is 14.7. The first-order valence-corrected chi connectivity index (χ1v) is 12.4. The second kappa shape index (κ2) is 9.08. The Labute approximate surface area is 192 Å². The SMILES string of the molecule is O=C(C1CCS(=O)(=O)CC1)N1CCN(c2ncc(C(F)(F)F)cn2)CC1c1cccc(F)c1F. The van der Waals surface area contributed by atoms with Crippen molar-refractivity contribution >= 4 is 21.7 Å². The summed E-state index contributed by atoms with van der Waals surface area (Å²) in [6, 6.07) is 2.61. The van der Waals surface area contributed by atoms with Crippen molar-refractivity contribution in [1.29, 1.82) is 0 Å². The summed E-state index contributed by atoms with van der Waals surface area (Å²) in [5.74, 6) is -3.45. The lowest BCUT2D eigenvalue weighted by atomic mass is 9.96. The minimum atomic E-state index is -4.61. The van der Waals surface area contributed by atoms with Crippen LogP contribution in [0.5, 0.6) is 0 Å². The summed E-state index contributed by atoms with van der Waals surface area (Å²) in [6.45, 7) is 0.116. The number of halogens is 5. The number of hydrogen-bond donors (Lipinski definition) is 0. The maximum absolute atomic E-state index is 14.7. The van der Waals surface area contributed by atoms with E-state index in [1.807, 2.05) is 0 Å². The lowest BCUT2D eigenvalue weighted by molar-refractivity contribution is -0.139. The molecule has 0 bridgehead atoms. The van der Waals surface area contributed by atoms with Crippen LogP contribution in [0.3, 0.4) is 0 Å². The Morgan fingerprint density at radius 1 is 1.03 bits per heavy atom. The summed E-state index contributed by atoms with van der Waals surface area (Å²) in [7, 11) is -3.20. The normalized spacial score (nSPS) is 21.5. The van der Waals surface area contributed by atoms with Gasteiger partial charge in [0.15, 0.2) is 11.6 Å². The second-order valence-electron chi connectivity index (χ2n) is 8.33. The molecule has 2 aromatic rings. The zero-order valence-electron chi connectivity index (χ0n) is 17.8. The number of amides is 1. The fourth-order valence-corrected chi connectivity index (χ4v) is 5.77. The van der Waals surface area contributed by atoms with Crippen LogP contribution in [0.25, 0.3) is 0 Å². The van der Waals surface area contributed by atoms with Gasteiger partial charge in [0.25, 0.3) is 0 Å². The van der Waals surface area contributed by atoms with Gasteiger partial charge in [0, 0.05) is 43.5 Å². The fourth-order valence-electron chi connectivity index (χ4n) is 4.27. The van der Waals surface area contributed by atoms with Crippen molar-refractivity contribution in [3.63, 3.8) is 0 Å². The fraction of sp³-hybridized carbons (Fsp3) is 0.476. The number of piperazine rings is 1. The van der Waals surface area contributed by atoms with Crippen LogP contribution >= 0.6 is 0 Å². The zero-order chi connectivity index (χ0) is 24.7. The molecule has 3 heterocycles. The van der Waals surface area contributed by atoms with Gasteiger partial charge in [-0.2, -0.15) is 13.2 Å². The Bertz CT molecular complexity index is 1160. The van der Waals surface area contributed by atoms with Crippen LogP contribution < -0.4 is 4.90 Å². The first kappa shape index (κ1) is 24.3. The van der Waals surface area contributed by atoms with Crippen LogP contribution in [-0.2, 0) is 20.8 Å². The largest absolute Gasteiger partial charge is 0.419 e. The number of carbonyl (C=O) groups excluding carboxylic acids is 1. The van der Waals surface area contributed by atoms with Crippen molar-refractivity contribution < 1.29 is 35.2 Å². The molecule has 184 valence electrons. The van der Waals surface area contributed by atoms with E-state index in [1.165, 1.54) is 21.9 Å². The molecule has 2 aliphatic heterocycles. The number of aromatic nitrogens is 2. The Kier molecular flexibility index (Phi) is 6.49. The van der Waals surface area contributed by atoms with E-state index in [1.54, 1.807) is 0 Å². The van der Waals surface area contributed by atoms with Crippen molar-refractivity contribution in [2.75, 3.05) is 36.0 Å². The number of rotatable bonds is 3. The van der Waals surface area contributed by atoms with Gasteiger partial charge in [-0.05, 0) is 18.9 Å². The van der Waals surface area contributed by atoms with Crippen molar-refractivity contribution in [1.82, 2.24) is 14.9 Å². The van der Waals surface area contributed by atoms with Crippen LogP contribution in [0, 0.1) is 17.6 Å². The van der Waals surface area contributed by atoms with Crippen LogP contribution in [0.1, 0.15) is 30.0 Å². The van der Waals surface area contributed by atoms with E-state index in [0.29, 0.717) is 12.4 Å². The molecule has 0 radical (unpaired) electrons. The number of sulfone groups is 1. The van der Waals surface area contributed by atoms with Crippen LogP contribution in [-0.4, -0.2) is 60.3 Å². The first-order valence-electron chi connectivity index (χ1n) is 10.6. The monoisotopic (exact) mass is 504 g/mol. The first-order chi connectivity index (χ1) is 16.0. The van der Waals surface area contributed by atoms with Gasteiger partial charge in [0.1, 0.15) is 9.84 Å². The van der Waals surface area contributed by atoms with Gasteiger partial charge in [-0.1, -0.05) is 12.1 Å². The van der Waals surface area contributed by atoms with E-state index in [9.17, 15) is 35.2 Å². The van der Waals surface area contributed by atoms with Crippen molar-refractivity contribution in [2.45, 2.75) is 25.1 Å². The number of nitrogens with zero attached hydrogens (tertiary/aromatic N) is 4. The third-order valence-electron chi connectivity index (χ3n) is 6.16. The Morgan fingerprint density at radius 3 is 2.29 bits per heavy atom. The van der Waals surface area contributed by atoms with Gasteiger partial charge in [0.05, 0.1) is 23.1 Å². The van der Waals surface area contributed by atoms with Crippen LogP contribution in [0.15, 0.2) is 30.6 Å². The maximum Gasteiger partial charge on any atom is 0.419 e. The quantitative estimate of drug-likeness (QED) is 0.598. The van der Waals surface area contributed by atoms with Gasteiger partial charge in [-0.15, -0.1) is 0 Å². The summed E-state index contributed by atoms with van der Waals surface area (Å²) in [6.07, 6.45) is -3.05. The molecule has 0 aliphatic carbocycles. The summed E-state index contributed by atoms with van der Waals surface area (Å²) in [4.78, 5) is 23.7. The molecule has 34 heavy (non-hydrogen) atoms. The van der Waals surface area contributed by atoms with Crippen molar-refractivity contribution in [3.05, 3.63) is 53.4 Å². The van der Waals surface area contributed by atoms with E-state index in [4.69, 9.17) is 0 Å². The molecule has 1 unspecified atom stereocenters. The molecule has 0 saturated carbocycles. The molecular formula is C21H21F5N4O3S. The van der Waals surface area contributed by atoms with E-state index in [0.717, 1.165) is 6.07 Å². The molecule has 2 saturated heterocycles. The average molecular weight is 504 g/mol. The summed E-state index contributed by atoms with van der Waals surface area (Å²) in [5, 5.41) is 0. The number of hydrogen-bond acceptors (Lipinski definition) is 6. The second-order valence-corrected chi connectivity index (χ2v) is 10.6. The minimum absolute atomic E-state index is 0.0364. The minimum Gasteiger partial charge on any atom is -0.337 e. The molecule has 0 N–H and O–H groups in total. The number of anilines is 1. The third kappa shape index (κ3) is 4.98. The summed E-state index contributed by atoms with van der Waals surface area (Å²) in [5.41, 5.74) is -1.11. The Morgan fingerprint density at radius 2 is 1.68 bits per heavy atom. The molecular weight excluding hydrogens is 483 g/mol. The van der Waals surface area contributed by atoms with Gasteiger partial charge in [-0.25, -0.2) is 27.2 Å². The number of benzene rings is 1. The third-order valence-corrected chi connectivity index (χ3v) is 7.87. The molecule has 2 aliphatic rings. The highest BCUT2D eigenvalue weighted by molar-refractivity contribution is 7.91. The molecule has 7 nitrogen and oxygen atoms in total. The smallest absolute Gasteiger partial charge is 0.337 e. The topological polar surface area (TPSA) is 83.5 Å². The van der Waals surface area contributed by atoms with E-state index in [-0.39, 0.29) is 61.4 Å². The van der Waals surface area contributed by atoms with Crippen LogP contribution in [0.4, 0.5) is 27.9 Å². The lowest BCUT2D eigenvalue weighted by Gasteiger charge is -2.43. The molecule has 0 spiro atoms. The number of carbonyl (C=O) groups is 1. The highest BCUT2D eigenvalue weighted by Gasteiger charge is 2.39. The van der Waals surface area contributed by atoms with E-state index >= 15 is 0 Å². The highest BCUT2D eigenvalue weighted by atomic mass is 32.2. The molecule has 2 fully saturated rings. The molecule has 1 atom stereocenters. The summed E-state index contributed by atoms with van der Waals surface area (Å²) >= 11 is 0. The van der Waals surface area contributed by atoms with E-state index < -0.39 is 45.2 Å². The van der Waals surface area contributed by atoms with E-state index in [2.05, 4.69) is 9.97 Å². The van der Waals surface area contributed by atoms with Crippen molar-refractivity contribution in [2.24, 2.45) is 5.92 Å². The van der Waals surface area contributed by atoms with Crippen molar-refractivity contribution in [3.8, 4) is 0 Å². The lowest BCUT2D eigenvalue weighted by Crippen LogP contribution is -2.53. The number of alkyl halides is 3. The summed E-state index contributed by atoms with van der Waals surface area (Å²) < 4.78 is 90.7. The zero-order valence-corrected chi connectivity index (χ0v) is 18.6. The molecule has 4 rings (SSSR count). The molecule has 1 aromatic carbocycles.